The van der Waals surface area contributed by atoms with Crippen LogP contribution in [-0.2, 0) is 9.53 Å². The van der Waals surface area contributed by atoms with E-state index in [1.54, 1.807) is 14.2 Å². The van der Waals surface area contributed by atoms with Gasteiger partial charge in [0, 0.05) is 14.2 Å². The molecule has 0 aromatic carbocycles. The zero-order valence-corrected chi connectivity index (χ0v) is 9.48. The van der Waals surface area contributed by atoms with Gasteiger partial charge in [-0.1, -0.05) is 0 Å². The second-order valence-electron chi connectivity index (χ2n) is 3.42. The molecule has 15 heavy (non-hydrogen) atoms. The molecule has 6 nitrogen and oxygen atoms in total. The number of carbonyl (C=O) groups is 2. The highest BCUT2D eigenvalue weighted by molar-refractivity contribution is 5.82. The Bertz CT molecular complexity index is 232. The van der Waals surface area contributed by atoms with Crippen molar-refractivity contribution in [1.29, 1.82) is 0 Å². The second kappa shape index (κ2) is 6.23. The first-order chi connectivity index (χ1) is 6.90. The van der Waals surface area contributed by atoms with Crippen LogP contribution in [-0.4, -0.2) is 54.9 Å². The number of aliphatic carboxylic acids is 1. The molecule has 0 aromatic rings. The number of hydrogen-bond acceptors (Lipinski definition) is 3. The summed E-state index contributed by atoms with van der Waals surface area (Å²) in [5, 5.41) is 10.9. The number of methoxy groups -OCH3 is 1. The molecular weight excluding hydrogens is 200 g/mol. The molecule has 2 atom stereocenters. The molecule has 88 valence electrons. The molecule has 0 radical (unpaired) electrons. The topological polar surface area (TPSA) is 78.9 Å². The summed E-state index contributed by atoms with van der Waals surface area (Å²) in [5.74, 6) is -1.06. The summed E-state index contributed by atoms with van der Waals surface area (Å²) in [6.07, 6.45) is 0. The third-order valence-electron chi connectivity index (χ3n) is 2.10. The molecular formula is C9H18N2O4. The Kier molecular flexibility index (Phi) is 5.69. The third-order valence-corrected chi connectivity index (χ3v) is 2.10. The average molecular weight is 218 g/mol. The van der Waals surface area contributed by atoms with Crippen LogP contribution in [0.1, 0.15) is 13.8 Å². The lowest BCUT2D eigenvalue weighted by Gasteiger charge is -2.25. The maximum absolute atomic E-state index is 11.5. The number of rotatable bonds is 5. The minimum absolute atomic E-state index is 0.101. The number of likely N-dealkylation sites (N-methyl/N-ethyl adjacent to an activating group) is 1. The van der Waals surface area contributed by atoms with Crippen molar-refractivity contribution >= 4 is 12.0 Å². The lowest BCUT2D eigenvalue weighted by Crippen LogP contribution is -2.49. The van der Waals surface area contributed by atoms with Crippen LogP contribution in [0.25, 0.3) is 0 Å². The monoisotopic (exact) mass is 218 g/mol. The molecule has 0 aromatic heterocycles. The molecule has 0 saturated carbocycles. The first-order valence-electron chi connectivity index (χ1n) is 4.65. The standard InChI is InChI=1S/C9H18N2O4/c1-6(5-15-4)11(3)9(14)10-7(2)8(12)13/h6-7H,5H2,1-4H3,(H,10,14)(H,12,13)/t6?,7-/m0/s1. The number of ether oxygens (including phenoxy) is 1. The predicted molar refractivity (Wildman–Crippen MR) is 54.7 cm³/mol. The van der Waals surface area contributed by atoms with Crippen LogP contribution < -0.4 is 5.32 Å². The Balaban J connectivity index is 4.14. The van der Waals surface area contributed by atoms with Crippen LogP contribution in [0, 0.1) is 0 Å². The van der Waals surface area contributed by atoms with Crippen molar-refractivity contribution < 1.29 is 19.4 Å². The maximum atomic E-state index is 11.5. The zero-order valence-electron chi connectivity index (χ0n) is 9.48. The van der Waals surface area contributed by atoms with Crippen LogP contribution in [0.4, 0.5) is 4.79 Å². The van der Waals surface area contributed by atoms with Crippen molar-refractivity contribution in [3.05, 3.63) is 0 Å². The van der Waals surface area contributed by atoms with Crippen molar-refractivity contribution in [2.24, 2.45) is 0 Å². The number of carboxylic acid groups (broad SMARTS) is 1. The van der Waals surface area contributed by atoms with Gasteiger partial charge in [0.15, 0.2) is 0 Å². The van der Waals surface area contributed by atoms with Crippen molar-refractivity contribution in [3.8, 4) is 0 Å². The predicted octanol–water partition coefficient (Wildman–Crippen LogP) is 0.136. The number of carbonyl (C=O) groups excluding carboxylic acids is 1. The fourth-order valence-corrected chi connectivity index (χ4v) is 0.902. The lowest BCUT2D eigenvalue weighted by atomic mass is 10.3. The van der Waals surface area contributed by atoms with Gasteiger partial charge < -0.3 is 20.1 Å². The van der Waals surface area contributed by atoms with Gasteiger partial charge >= 0.3 is 12.0 Å². The molecule has 0 heterocycles. The number of urea groups is 1. The minimum Gasteiger partial charge on any atom is -0.480 e. The molecule has 0 rings (SSSR count). The van der Waals surface area contributed by atoms with Gasteiger partial charge in [-0.3, -0.25) is 4.79 Å². The largest absolute Gasteiger partial charge is 0.480 e. The molecule has 2 amide bonds. The fourth-order valence-electron chi connectivity index (χ4n) is 0.902. The molecule has 2 N–H and O–H groups in total. The Morgan fingerprint density at radius 3 is 2.40 bits per heavy atom. The van der Waals surface area contributed by atoms with E-state index in [4.69, 9.17) is 9.84 Å². The van der Waals surface area contributed by atoms with Crippen LogP contribution in [0.2, 0.25) is 0 Å². The van der Waals surface area contributed by atoms with Gasteiger partial charge in [-0.25, -0.2) is 4.79 Å². The van der Waals surface area contributed by atoms with Crippen molar-refractivity contribution in [1.82, 2.24) is 10.2 Å². The minimum atomic E-state index is -1.06. The maximum Gasteiger partial charge on any atom is 0.325 e. The van der Waals surface area contributed by atoms with Crippen molar-refractivity contribution in [3.63, 3.8) is 0 Å². The highest BCUT2D eigenvalue weighted by Gasteiger charge is 2.19. The Morgan fingerprint density at radius 1 is 1.47 bits per heavy atom. The number of carboxylic acids is 1. The summed E-state index contributed by atoms with van der Waals surface area (Å²) >= 11 is 0. The highest BCUT2D eigenvalue weighted by Crippen LogP contribution is 1.97. The molecule has 0 spiro atoms. The zero-order chi connectivity index (χ0) is 12.0. The van der Waals surface area contributed by atoms with Crippen LogP contribution >= 0.6 is 0 Å². The summed E-state index contributed by atoms with van der Waals surface area (Å²) in [6.45, 7) is 3.63. The van der Waals surface area contributed by atoms with E-state index in [1.807, 2.05) is 6.92 Å². The smallest absolute Gasteiger partial charge is 0.325 e. The number of hydrogen-bond donors (Lipinski definition) is 2. The highest BCUT2D eigenvalue weighted by atomic mass is 16.5. The number of nitrogens with one attached hydrogen (secondary N) is 1. The summed E-state index contributed by atoms with van der Waals surface area (Å²) < 4.78 is 4.89. The quantitative estimate of drug-likeness (QED) is 0.687. The molecule has 1 unspecified atom stereocenters. The van der Waals surface area contributed by atoms with E-state index in [2.05, 4.69) is 5.32 Å². The van der Waals surface area contributed by atoms with Crippen LogP contribution in [0.3, 0.4) is 0 Å². The normalized spacial score (nSPS) is 14.1. The van der Waals surface area contributed by atoms with E-state index in [0.717, 1.165) is 0 Å². The van der Waals surface area contributed by atoms with Crippen molar-refractivity contribution in [2.45, 2.75) is 25.9 Å². The summed E-state index contributed by atoms with van der Waals surface area (Å²) in [5.41, 5.74) is 0. The molecule has 0 aliphatic carbocycles. The van der Waals surface area contributed by atoms with E-state index >= 15 is 0 Å². The number of amides is 2. The van der Waals surface area contributed by atoms with Crippen LogP contribution in [0.5, 0.6) is 0 Å². The summed E-state index contributed by atoms with van der Waals surface area (Å²) in [7, 11) is 3.13. The first kappa shape index (κ1) is 13.7. The van der Waals surface area contributed by atoms with E-state index in [9.17, 15) is 9.59 Å². The molecule has 6 heteroatoms. The van der Waals surface area contributed by atoms with Gasteiger partial charge in [-0.05, 0) is 13.8 Å². The van der Waals surface area contributed by atoms with Gasteiger partial charge in [0.05, 0.1) is 12.6 Å². The van der Waals surface area contributed by atoms with E-state index < -0.39 is 18.0 Å². The Morgan fingerprint density at radius 2 is 2.00 bits per heavy atom. The number of nitrogens with zero attached hydrogens (tertiary/aromatic N) is 1. The Labute approximate surface area is 89.2 Å². The van der Waals surface area contributed by atoms with Gasteiger partial charge in [0.25, 0.3) is 0 Å². The first-order valence-corrected chi connectivity index (χ1v) is 4.65. The van der Waals surface area contributed by atoms with Gasteiger partial charge in [-0.2, -0.15) is 0 Å². The fraction of sp³-hybridized carbons (Fsp3) is 0.778. The molecule has 0 aliphatic rings. The third kappa shape index (κ3) is 4.64. The van der Waals surface area contributed by atoms with E-state index in [0.29, 0.717) is 6.61 Å². The van der Waals surface area contributed by atoms with Gasteiger partial charge in [-0.15, -0.1) is 0 Å². The van der Waals surface area contributed by atoms with Gasteiger partial charge in [0.1, 0.15) is 6.04 Å². The molecule has 0 aliphatic heterocycles. The van der Waals surface area contributed by atoms with E-state index in [1.165, 1.54) is 11.8 Å². The van der Waals surface area contributed by atoms with Crippen LogP contribution in [0.15, 0.2) is 0 Å². The summed E-state index contributed by atoms with van der Waals surface area (Å²) in [4.78, 5) is 23.4. The molecule has 0 saturated heterocycles. The summed E-state index contributed by atoms with van der Waals surface area (Å²) in [6, 6.07) is -1.42. The molecule has 0 fully saturated rings. The van der Waals surface area contributed by atoms with E-state index in [-0.39, 0.29) is 6.04 Å². The Hall–Kier alpha value is -1.30. The lowest BCUT2D eigenvalue weighted by molar-refractivity contribution is -0.138. The van der Waals surface area contributed by atoms with Crippen molar-refractivity contribution in [2.75, 3.05) is 20.8 Å². The SMILES string of the molecule is COCC(C)N(C)C(=O)N[C@@H](C)C(=O)O. The average Bonchev–Trinajstić information content (AvgIpc) is 2.16. The molecule has 0 bridgehead atoms. The van der Waals surface area contributed by atoms with Gasteiger partial charge in [0.2, 0.25) is 0 Å². The second-order valence-corrected chi connectivity index (χ2v) is 3.42.